The minimum atomic E-state index is -2.65. The molecule has 3 heterocycles. The fourth-order valence-corrected chi connectivity index (χ4v) is 10.1. The quantitative estimate of drug-likeness (QED) is 0.256. The number of aliphatic imine (C=N–C) groups is 1. The van der Waals surface area contributed by atoms with Crippen molar-refractivity contribution in [2.75, 3.05) is 26.3 Å². The van der Waals surface area contributed by atoms with Gasteiger partial charge >= 0.3 is 0 Å². The van der Waals surface area contributed by atoms with E-state index in [1.165, 1.54) is 0 Å². The van der Waals surface area contributed by atoms with Gasteiger partial charge in [-0.1, -0.05) is 72.3 Å². The maximum Gasteiger partial charge on any atom is 0.170 e. The Morgan fingerprint density at radius 1 is 0.897 bits per heavy atom. The highest BCUT2D eigenvalue weighted by atomic mass is 35.5. The highest BCUT2D eigenvalue weighted by Crippen LogP contribution is 2.65. The van der Waals surface area contributed by atoms with Gasteiger partial charge < -0.3 is 9.41 Å². The number of morpholine rings is 1. The van der Waals surface area contributed by atoms with Gasteiger partial charge in [0.15, 0.2) is 13.2 Å². The van der Waals surface area contributed by atoms with Crippen LogP contribution in [0.1, 0.15) is 24.1 Å². The Labute approximate surface area is 233 Å². The molecule has 4 aromatic rings. The molecule has 39 heavy (non-hydrogen) atoms. The van der Waals surface area contributed by atoms with Crippen LogP contribution in [-0.4, -0.2) is 57.3 Å². The van der Waals surface area contributed by atoms with Crippen molar-refractivity contribution in [3.63, 3.8) is 0 Å². The third kappa shape index (κ3) is 4.25. The second-order valence-corrected chi connectivity index (χ2v) is 13.3. The molecule has 0 bridgehead atoms. The van der Waals surface area contributed by atoms with Gasteiger partial charge in [0.1, 0.15) is 5.84 Å². The lowest BCUT2D eigenvalue weighted by molar-refractivity contribution is 0.0729. The molecule has 3 aromatic carbocycles. The largest absolute Gasteiger partial charge is 0.379 e. The number of nitrogens with zero attached hydrogens (tertiary/aromatic N) is 6. The van der Waals surface area contributed by atoms with Gasteiger partial charge in [0.25, 0.3) is 0 Å². The van der Waals surface area contributed by atoms with Crippen molar-refractivity contribution in [3.8, 4) is 5.69 Å². The Hall–Kier alpha value is -3.22. The number of rotatable bonds is 5. The smallest absolute Gasteiger partial charge is 0.170 e. The van der Waals surface area contributed by atoms with Crippen LogP contribution < -0.4 is 5.30 Å². The monoisotopic (exact) mass is 556 g/mol. The van der Waals surface area contributed by atoms with Crippen molar-refractivity contribution in [3.05, 3.63) is 101 Å². The first kappa shape index (κ1) is 24.8. The second kappa shape index (κ2) is 10.1. The van der Waals surface area contributed by atoms with E-state index < -0.39 is 7.36 Å². The van der Waals surface area contributed by atoms with Crippen LogP contribution in [-0.2, 0) is 4.74 Å². The predicted octanol–water partition coefficient (Wildman–Crippen LogP) is 6.71. The Morgan fingerprint density at radius 2 is 1.56 bits per heavy atom. The number of ether oxygens (including phenoxy) is 1. The summed E-state index contributed by atoms with van der Waals surface area (Å²) in [5.74, 6) is 1.81. The fraction of sp³-hybridized carbons (Fsp3) is 0.267. The van der Waals surface area contributed by atoms with Crippen LogP contribution >= 0.6 is 19.0 Å². The van der Waals surface area contributed by atoms with Crippen molar-refractivity contribution in [1.29, 1.82) is 0 Å². The first-order chi connectivity index (χ1) is 19.2. The van der Waals surface area contributed by atoms with Gasteiger partial charge in [-0.3, -0.25) is 0 Å². The summed E-state index contributed by atoms with van der Waals surface area (Å²) in [5, 5.41) is 6.88. The van der Waals surface area contributed by atoms with Gasteiger partial charge in [-0.15, -0.1) is 0 Å². The zero-order chi connectivity index (χ0) is 26.4. The predicted molar refractivity (Wildman–Crippen MR) is 158 cm³/mol. The van der Waals surface area contributed by atoms with Crippen LogP contribution in [0.3, 0.4) is 0 Å². The van der Waals surface area contributed by atoms with E-state index in [0.29, 0.717) is 24.3 Å². The van der Waals surface area contributed by atoms with E-state index in [2.05, 4.69) is 58.7 Å². The van der Waals surface area contributed by atoms with Gasteiger partial charge in [0.2, 0.25) is 0 Å². The van der Waals surface area contributed by atoms with Crippen molar-refractivity contribution in [1.82, 2.24) is 19.1 Å². The van der Waals surface area contributed by atoms with Crippen molar-refractivity contribution < 1.29 is 4.74 Å². The number of aryl methyl sites for hydroxylation is 1. The van der Waals surface area contributed by atoms with E-state index in [0.717, 1.165) is 65.5 Å². The fourth-order valence-electron chi connectivity index (χ4n) is 5.56. The first-order valence-electron chi connectivity index (χ1n) is 13.5. The van der Waals surface area contributed by atoms with Gasteiger partial charge in [-0.05, 0) is 44.0 Å². The average Bonchev–Trinajstić information content (AvgIpc) is 3.77. The summed E-state index contributed by atoms with van der Waals surface area (Å²) < 4.78 is 18.7. The SMILES string of the molecule is Cc1nn(-c2ccccc2)c2c1[P@](=Nc1ccccc1Cl)(N1CCOCC1)N(C1CC1)C(c1ccccc1)=N2. The number of benzene rings is 3. The Balaban J connectivity index is 1.61. The molecule has 2 aliphatic heterocycles. The number of para-hydroxylation sites is 1. The van der Waals surface area contributed by atoms with Crippen LogP contribution in [0.5, 0.6) is 0 Å². The Morgan fingerprint density at radius 3 is 2.26 bits per heavy atom. The number of aromatic nitrogens is 2. The molecule has 2 fully saturated rings. The van der Waals surface area contributed by atoms with E-state index >= 15 is 0 Å². The molecule has 9 heteroatoms. The molecular formula is C30H30ClN6OP. The summed E-state index contributed by atoms with van der Waals surface area (Å²) in [5.41, 5.74) is 3.82. The lowest BCUT2D eigenvalue weighted by Gasteiger charge is -2.48. The molecule has 0 spiro atoms. The van der Waals surface area contributed by atoms with Crippen LogP contribution in [0.4, 0.5) is 11.5 Å². The molecule has 198 valence electrons. The van der Waals surface area contributed by atoms with E-state index in [1.54, 1.807) is 0 Å². The third-order valence-corrected chi connectivity index (χ3v) is 11.7. The molecule has 7 nitrogen and oxygen atoms in total. The summed E-state index contributed by atoms with van der Waals surface area (Å²) >= 11 is 6.82. The van der Waals surface area contributed by atoms with Crippen LogP contribution in [0.2, 0.25) is 5.02 Å². The second-order valence-electron chi connectivity index (χ2n) is 10.1. The zero-order valence-corrected chi connectivity index (χ0v) is 23.5. The number of hydrogen-bond acceptors (Lipinski definition) is 4. The van der Waals surface area contributed by atoms with Crippen LogP contribution in [0, 0.1) is 6.92 Å². The minimum absolute atomic E-state index is 0.346. The van der Waals surface area contributed by atoms with E-state index in [9.17, 15) is 0 Å². The number of fused-ring (bicyclic) bond motifs is 1. The molecule has 3 aliphatic rings. The molecule has 1 saturated heterocycles. The van der Waals surface area contributed by atoms with Gasteiger partial charge in [0.05, 0.1) is 40.6 Å². The van der Waals surface area contributed by atoms with Crippen LogP contribution in [0.25, 0.3) is 5.69 Å². The standard InChI is InChI=1S/C30H30ClN6OP/c1-22-28-30(36(33-22)24-12-6-3-7-13-24)32-29(23-10-4-2-5-11-23)37(25-16-17-25)39(28,35-18-20-38-21-19-35)34-27-15-9-8-14-26(27)31/h2-15,25H,16-21H2,1H3/t39-/m0/s1. The molecule has 1 atom stereocenters. The number of hydrogen-bond donors (Lipinski definition) is 0. The van der Waals surface area contributed by atoms with E-state index in [1.807, 2.05) is 47.1 Å². The van der Waals surface area contributed by atoms with Gasteiger partial charge in [-0.25, -0.2) is 19.1 Å². The lowest BCUT2D eigenvalue weighted by atomic mass is 10.2. The average molecular weight is 557 g/mol. The molecule has 0 amide bonds. The molecular weight excluding hydrogens is 527 g/mol. The summed E-state index contributed by atoms with van der Waals surface area (Å²) in [6.45, 7) is 4.99. The van der Waals surface area contributed by atoms with Gasteiger partial charge in [0, 0.05) is 24.7 Å². The lowest BCUT2D eigenvalue weighted by Crippen LogP contribution is -2.47. The topological polar surface area (TPSA) is 58.3 Å². The van der Waals surface area contributed by atoms with E-state index in [4.69, 9.17) is 31.2 Å². The summed E-state index contributed by atoms with van der Waals surface area (Å²) in [6.07, 6.45) is 2.22. The maximum atomic E-state index is 6.82. The third-order valence-electron chi connectivity index (χ3n) is 7.44. The molecule has 0 unspecified atom stereocenters. The molecule has 0 radical (unpaired) electrons. The normalized spacial score (nSPS) is 21.4. The molecule has 7 rings (SSSR count). The van der Waals surface area contributed by atoms with Crippen molar-refractivity contribution in [2.24, 2.45) is 9.74 Å². The Bertz CT molecular complexity index is 1590. The molecule has 1 aliphatic carbocycles. The van der Waals surface area contributed by atoms with Crippen molar-refractivity contribution >= 4 is 41.6 Å². The summed E-state index contributed by atoms with van der Waals surface area (Å²) in [4.78, 5) is 5.43. The Kier molecular flexibility index (Phi) is 6.40. The minimum Gasteiger partial charge on any atom is -0.379 e. The van der Waals surface area contributed by atoms with Gasteiger partial charge in [-0.2, -0.15) is 5.10 Å². The molecule has 0 N–H and O–H groups in total. The molecule has 1 aromatic heterocycles. The maximum absolute atomic E-state index is 6.82. The highest BCUT2D eigenvalue weighted by molar-refractivity contribution is 7.70. The zero-order valence-electron chi connectivity index (χ0n) is 21.8. The van der Waals surface area contributed by atoms with Crippen LogP contribution in [0.15, 0.2) is 94.7 Å². The first-order valence-corrected chi connectivity index (χ1v) is 15.5. The molecule has 1 saturated carbocycles. The highest BCUT2D eigenvalue weighted by Gasteiger charge is 2.51. The number of amidine groups is 1. The number of halogens is 1. The van der Waals surface area contributed by atoms with Crippen molar-refractivity contribution in [2.45, 2.75) is 25.8 Å². The summed E-state index contributed by atoms with van der Waals surface area (Å²) in [7, 11) is -2.65. The summed E-state index contributed by atoms with van der Waals surface area (Å²) in [6, 6.07) is 29.1. The van der Waals surface area contributed by atoms with E-state index in [-0.39, 0.29) is 0 Å².